The van der Waals surface area contributed by atoms with E-state index in [1.54, 1.807) is 0 Å². The Balaban J connectivity index is 0. The molecule has 0 heterocycles. The third-order valence-electron chi connectivity index (χ3n) is 0.789. The zero-order valence-electron chi connectivity index (χ0n) is 6.02. The Kier molecular flexibility index (Phi) is 8.51. The van der Waals surface area contributed by atoms with E-state index in [2.05, 4.69) is 0 Å². The van der Waals surface area contributed by atoms with Gasteiger partial charge in [0, 0.05) is 12.8 Å². The average Bonchev–Trinajstić information content (AvgIpc) is 1.72. The summed E-state index contributed by atoms with van der Waals surface area (Å²) in [5.74, 6) is 0. The van der Waals surface area contributed by atoms with Crippen LogP contribution in [-0.4, -0.2) is 12.2 Å². The van der Waals surface area contributed by atoms with Crippen LogP contribution < -0.4 is 5.73 Å². The van der Waals surface area contributed by atoms with Gasteiger partial charge in [0.1, 0.15) is 0 Å². The number of rotatable bonds is 0. The smallest absolute Gasteiger partial charge is 0.0319 e. The Morgan fingerprint density at radius 1 is 1.12 bits per heavy atom. The van der Waals surface area contributed by atoms with Gasteiger partial charge < -0.3 is 10.8 Å². The summed E-state index contributed by atoms with van der Waals surface area (Å²) in [6.45, 7) is 5.89. The summed E-state index contributed by atoms with van der Waals surface area (Å²) in [5, 5.41) is 7.00. The van der Waals surface area contributed by atoms with Crippen LogP contribution in [0.15, 0.2) is 11.3 Å². The van der Waals surface area contributed by atoms with Gasteiger partial charge in [0.25, 0.3) is 0 Å². The number of aliphatic hydroxyl groups excluding tert-OH is 1. The Morgan fingerprint density at radius 3 is 1.25 bits per heavy atom. The van der Waals surface area contributed by atoms with E-state index in [1.165, 1.54) is 5.57 Å². The summed E-state index contributed by atoms with van der Waals surface area (Å²) in [5.41, 5.74) is 7.44. The molecule has 8 heavy (non-hydrogen) atoms. The van der Waals surface area contributed by atoms with Crippen molar-refractivity contribution in [1.29, 1.82) is 0 Å². The molecule has 0 bridgehead atoms. The monoisotopic (exact) mass is 117 g/mol. The summed E-state index contributed by atoms with van der Waals surface area (Å²) < 4.78 is 0. The van der Waals surface area contributed by atoms with E-state index in [1.807, 2.05) is 20.8 Å². The highest BCUT2D eigenvalue weighted by molar-refractivity contribution is 5.00. The molecule has 0 aliphatic rings. The fraction of sp³-hybridized carbons (Fsp3) is 0.667. The van der Waals surface area contributed by atoms with Crippen LogP contribution >= 0.6 is 0 Å². The Morgan fingerprint density at radius 2 is 1.25 bits per heavy atom. The fourth-order valence-electron chi connectivity index (χ4n) is 0. The number of hydrogen-bond acceptors (Lipinski definition) is 2. The van der Waals surface area contributed by atoms with Crippen molar-refractivity contribution in [3.63, 3.8) is 0 Å². The zero-order chi connectivity index (χ0) is 7.15. The van der Waals surface area contributed by atoms with Gasteiger partial charge in [0.15, 0.2) is 0 Å². The molecule has 0 aromatic carbocycles. The molecule has 0 fully saturated rings. The average molecular weight is 117 g/mol. The molecular weight excluding hydrogens is 102 g/mol. The molecule has 3 N–H and O–H groups in total. The van der Waals surface area contributed by atoms with Gasteiger partial charge in [-0.15, -0.1) is 0 Å². The largest absolute Gasteiger partial charge is 0.402 e. The van der Waals surface area contributed by atoms with Gasteiger partial charge in [-0.1, -0.05) is 5.57 Å². The zero-order valence-corrected chi connectivity index (χ0v) is 6.02. The standard InChI is InChI=1S/C5H11N.CH4O/c1-4(2)5(3)6;1-2/h6H2,1-3H3;2H,1H3. The molecule has 2 nitrogen and oxygen atoms in total. The minimum atomic E-state index is 0.926. The highest BCUT2D eigenvalue weighted by Gasteiger charge is 1.75. The summed E-state index contributed by atoms with van der Waals surface area (Å²) in [6, 6.07) is 0. The highest BCUT2D eigenvalue weighted by atomic mass is 16.2. The molecule has 0 aliphatic heterocycles. The summed E-state index contributed by atoms with van der Waals surface area (Å²) in [4.78, 5) is 0. The molecule has 0 saturated heterocycles. The molecule has 0 atom stereocenters. The van der Waals surface area contributed by atoms with Crippen LogP contribution in [0.25, 0.3) is 0 Å². The van der Waals surface area contributed by atoms with E-state index in [4.69, 9.17) is 10.8 Å². The fourth-order valence-corrected chi connectivity index (χ4v) is 0. The first-order chi connectivity index (χ1) is 3.64. The van der Waals surface area contributed by atoms with Crippen LogP contribution in [0.1, 0.15) is 20.8 Å². The molecular formula is C6H15NO. The molecule has 0 saturated carbocycles. The molecule has 0 unspecified atom stereocenters. The van der Waals surface area contributed by atoms with E-state index in [9.17, 15) is 0 Å². The maximum absolute atomic E-state index is 7.00. The van der Waals surface area contributed by atoms with Crippen LogP contribution in [0, 0.1) is 0 Å². The molecule has 50 valence electrons. The maximum atomic E-state index is 7.00. The first-order valence-corrected chi connectivity index (χ1v) is 2.49. The molecule has 0 aromatic heterocycles. The molecule has 0 aromatic rings. The van der Waals surface area contributed by atoms with E-state index >= 15 is 0 Å². The summed E-state index contributed by atoms with van der Waals surface area (Å²) >= 11 is 0. The van der Waals surface area contributed by atoms with Gasteiger partial charge in [-0.3, -0.25) is 0 Å². The van der Waals surface area contributed by atoms with Gasteiger partial charge in [0.05, 0.1) is 0 Å². The summed E-state index contributed by atoms with van der Waals surface area (Å²) in [6.07, 6.45) is 0. The first-order valence-electron chi connectivity index (χ1n) is 2.49. The van der Waals surface area contributed by atoms with Gasteiger partial charge in [0.2, 0.25) is 0 Å². The predicted octanol–water partition coefficient (Wildman–Crippen LogP) is 0.867. The second-order valence-electron chi connectivity index (χ2n) is 1.68. The number of hydrogen-bond donors (Lipinski definition) is 2. The number of aliphatic hydroxyl groups is 1. The van der Waals surface area contributed by atoms with Gasteiger partial charge in [-0.2, -0.15) is 0 Å². The lowest BCUT2D eigenvalue weighted by Crippen LogP contribution is -1.91. The third-order valence-corrected chi connectivity index (χ3v) is 0.789. The van der Waals surface area contributed by atoms with E-state index in [-0.39, 0.29) is 0 Å². The molecule has 0 rings (SSSR count). The highest BCUT2D eigenvalue weighted by Crippen LogP contribution is 1.90. The van der Waals surface area contributed by atoms with Crippen molar-refractivity contribution >= 4 is 0 Å². The first kappa shape index (κ1) is 10.5. The van der Waals surface area contributed by atoms with E-state index in [0.717, 1.165) is 12.8 Å². The Hall–Kier alpha value is -0.500. The molecule has 2 heteroatoms. The second kappa shape index (κ2) is 6.50. The van der Waals surface area contributed by atoms with E-state index in [0.29, 0.717) is 0 Å². The van der Waals surface area contributed by atoms with Crippen molar-refractivity contribution in [3.8, 4) is 0 Å². The van der Waals surface area contributed by atoms with Crippen molar-refractivity contribution in [2.45, 2.75) is 20.8 Å². The third kappa shape index (κ3) is 9.09. The van der Waals surface area contributed by atoms with Crippen molar-refractivity contribution in [1.82, 2.24) is 0 Å². The quantitative estimate of drug-likeness (QED) is 0.494. The van der Waals surface area contributed by atoms with Crippen molar-refractivity contribution in [2.75, 3.05) is 7.11 Å². The minimum absolute atomic E-state index is 0.926. The Bertz CT molecular complexity index is 58.6. The van der Waals surface area contributed by atoms with Crippen LogP contribution in [0.2, 0.25) is 0 Å². The van der Waals surface area contributed by atoms with Gasteiger partial charge in [-0.25, -0.2) is 0 Å². The van der Waals surface area contributed by atoms with Crippen LogP contribution in [0.4, 0.5) is 0 Å². The second-order valence-corrected chi connectivity index (χ2v) is 1.68. The van der Waals surface area contributed by atoms with Gasteiger partial charge >= 0.3 is 0 Å². The summed E-state index contributed by atoms with van der Waals surface area (Å²) in [7, 11) is 1.00. The number of allylic oxidation sites excluding steroid dienone is 2. The molecule has 0 radical (unpaired) electrons. The molecule has 0 amide bonds. The molecule has 0 spiro atoms. The van der Waals surface area contributed by atoms with Crippen LogP contribution in [0.5, 0.6) is 0 Å². The predicted molar refractivity (Wildman–Crippen MR) is 36.4 cm³/mol. The van der Waals surface area contributed by atoms with Crippen molar-refractivity contribution < 1.29 is 5.11 Å². The SMILES string of the molecule is CC(C)=C(C)N.CO. The number of nitrogens with two attached hydrogens (primary N) is 1. The van der Waals surface area contributed by atoms with Crippen LogP contribution in [0.3, 0.4) is 0 Å². The van der Waals surface area contributed by atoms with Crippen molar-refractivity contribution in [3.05, 3.63) is 11.3 Å². The lowest BCUT2D eigenvalue weighted by atomic mass is 10.3. The maximum Gasteiger partial charge on any atom is 0.0319 e. The normalized spacial score (nSPS) is 6.62. The lowest BCUT2D eigenvalue weighted by molar-refractivity contribution is 0.399. The Labute approximate surface area is 51.0 Å². The van der Waals surface area contributed by atoms with Crippen LogP contribution in [-0.2, 0) is 0 Å². The topological polar surface area (TPSA) is 46.2 Å². The minimum Gasteiger partial charge on any atom is -0.402 e. The van der Waals surface area contributed by atoms with Gasteiger partial charge in [-0.05, 0) is 20.8 Å². The molecule has 0 aliphatic carbocycles. The lowest BCUT2D eigenvalue weighted by Gasteiger charge is -1.88. The van der Waals surface area contributed by atoms with Crippen molar-refractivity contribution in [2.24, 2.45) is 5.73 Å². The van der Waals surface area contributed by atoms with E-state index < -0.39 is 0 Å².